The molecule has 0 fully saturated rings. The summed E-state index contributed by atoms with van der Waals surface area (Å²) in [6.07, 6.45) is 4.13. The number of hydrogen-bond donors (Lipinski definition) is 1. The number of primary sulfonamides is 1. The zero-order chi connectivity index (χ0) is 19.7. The second-order valence-electron chi connectivity index (χ2n) is 7.19. The van der Waals surface area contributed by atoms with Gasteiger partial charge in [-0.25, -0.2) is 13.6 Å². The van der Waals surface area contributed by atoms with E-state index in [-0.39, 0.29) is 23.2 Å². The highest BCUT2D eigenvalue weighted by molar-refractivity contribution is 7.89. The molecule has 0 amide bonds. The molecule has 1 aliphatic carbocycles. The van der Waals surface area contributed by atoms with Crippen LogP contribution in [0.4, 0.5) is 0 Å². The molecule has 1 unspecified atom stereocenters. The lowest BCUT2D eigenvalue weighted by molar-refractivity contribution is 0.597. The third-order valence-electron chi connectivity index (χ3n) is 5.46. The van der Waals surface area contributed by atoms with Crippen molar-refractivity contribution in [2.45, 2.75) is 30.6 Å². The van der Waals surface area contributed by atoms with Crippen molar-refractivity contribution in [3.8, 4) is 11.1 Å². The van der Waals surface area contributed by atoms with E-state index >= 15 is 0 Å². The molecule has 3 aromatic carbocycles. The van der Waals surface area contributed by atoms with E-state index in [1.807, 2.05) is 18.2 Å². The Bertz CT molecular complexity index is 1140. The van der Waals surface area contributed by atoms with Crippen molar-refractivity contribution in [1.82, 2.24) is 0 Å². The topological polar surface area (TPSA) is 60.2 Å². The maximum Gasteiger partial charge on any atom is 0.238 e. The molecule has 3 aromatic rings. The first kappa shape index (κ1) is 21.3. The van der Waals surface area contributed by atoms with Gasteiger partial charge in [0.05, 0.1) is 4.90 Å². The van der Waals surface area contributed by atoms with E-state index in [4.69, 9.17) is 5.14 Å². The van der Waals surface area contributed by atoms with Crippen molar-refractivity contribution < 1.29 is 8.42 Å². The fourth-order valence-corrected chi connectivity index (χ4v) is 4.60. The van der Waals surface area contributed by atoms with E-state index in [0.717, 1.165) is 18.4 Å². The minimum absolute atomic E-state index is 0. The van der Waals surface area contributed by atoms with Crippen LogP contribution < -0.4 is 5.14 Å². The SMILES string of the molecule is CCC1=Cc2cccc(-c3ccccc3)c2C1Cc1ccc(S(N)(=O)=O)cc1.Cl. The molecule has 0 heterocycles. The quantitative estimate of drug-likeness (QED) is 0.582. The summed E-state index contributed by atoms with van der Waals surface area (Å²) in [6.45, 7) is 2.19. The van der Waals surface area contributed by atoms with E-state index in [0.29, 0.717) is 0 Å². The lowest BCUT2D eigenvalue weighted by Crippen LogP contribution is -2.12. The smallest absolute Gasteiger partial charge is 0.225 e. The second-order valence-corrected chi connectivity index (χ2v) is 8.75. The third kappa shape index (κ3) is 4.30. The summed E-state index contributed by atoms with van der Waals surface area (Å²) in [4.78, 5) is 0.152. The monoisotopic (exact) mass is 425 g/mol. The van der Waals surface area contributed by atoms with Gasteiger partial charge in [-0.3, -0.25) is 0 Å². The Hall–Kier alpha value is -2.40. The number of allylic oxidation sites excluding steroid dienone is 1. The Kier molecular flexibility index (Phi) is 6.27. The summed E-state index contributed by atoms with van der Waals surface area (Å²) < 4.78 is 23.0. The maximum absolute atomic E-state index is 11.5. The molecule has 2 N–H and O–H groups in total. The van der Waals surface area contributed by atoms with Gasteiger partial charge in [-0.2, -0.15) is 0 Å². The van der Waals surface area contributed by atoms with Gasteiger partial charge in [0.2, 0.25) is 10.0 Å². The van der Waals surface area contributed by atoms with Gasteiger partial charge in [-0.05, 0) is 52.8 Å². The van der Waals surface area contributed by atoms with Crippen LogP contribution >= 0.6 is 12.4 Å². The van der Waals surface area contributed by atoms with E-state index < -0.39 is 10.0 Å². The molecule has 0 bridgehead atoms. The first-order chi connectivity index (χ1) is 13.5. The normalized spacial score (nSPS) is 15.4. The number of hydrogen-bond acceptors (Lipinski definition) is 2. The highest BCUT2D eigenvalue weighted by Gasteiger charge is 2.27. The molecule has 3 nitrogen and oxygen atoms in total. The highest BCUT2D eigenvalue weighted by Crippen LogP contribution is 2.44. The molecule has 1 aliphatic rings. The third-order valence-corrected chi connectivity index (χ3v) is 6.39. The molecule has 0 radical (unpaired) electrons. The molecule has 0 aliphatic heterocycles. The molecule has 29 heavy (non-hydrogen) atoms. The number of rotatable bonds is 5. The van der Waals surface area contributed by atoms with Crippen molar-refractivity contribution in [2.24, 2.45) is 5.14 Å². The molecule has 150 valence electrons. The standard InChI is InChI=1S/C24H23NO2S.ClH/c1-2-18-16-20-9-6-10-22(19-7-4-3-5-8-19)24(20)23(18)15-17-11-13-21(14-12-17)28(25,26)27;/h3-14,16,23H,2,15H2,1H3,(H2,25,26,27);1H. The van der Waals surface area contributed by atoms with E-state index in [1.165, 1.54) is 27.8 Å². The predicted molar refractivity (Wildman–Crippen MR) is 122 cm³/mol. The van der Waals surface area contributed by atoms with Crippen LogP contribution in [0.1, 0.15) is 36.0 Å². The van der Waals surface area contributed by atoms with Gasteiger partial charge in [-0.1, -0.05) is 79.2 Å². The molecule has 1 atom stereocenters. The Morgan fingerprint density at radius 1 is 0.897 bits per heavy atom. The lowest BCUT2D eigenvalue weighted by Gasteiger charge is -2.20. The first-order valence-corrected chi connectivity index (χ1v) is 11.0. The molecule has 0 saturated heterocycles. The number of nitrogens with two attached hydrogens (primary N) is 1. The molecule has 5 heteroatoms. The summed E-state index contributed by atoms with van der Waals surface area (Å²) in [5.74, 6) is 0.289. The van der Waals surface area contributed by atoms with Crippen molar-refractivity contribution >= 4 is 28.5 Å². The van der Waals surface area contributed by atoms with Crippen molar-refractivity contribution in [3.05, 3.63) is 95.1 Å². The van der Waals surface area contributed by atoms with Gasteiger partial charge < -0.3 is 0 Å². The van der Waals surface area contributed by atoms with Crippen LogP contribution in [-0.2, 0) is 16.4 Å². The molecular weight excluding hydrogens is 402 g/mol. The van der Waals surface area contributed by atoms with Gasteiger partial charge >= 0.3 is 0 Å². The van der Waals surface area contributed by atoms with Gasteiger partial charge in [0.1, 0.15) is 0 Å². The number of benzene rings is 3. The molecule has 4 rings (SSSR count). The molecule has 0 spiro atoms. The first-order valence-electron chi connectivity index (χ1n) is 9.48. The van der Waals surface area contributed by atoms with Crippen LogP contribution in [0.3, 0.4) is 0 Å². The zero-order valence-electron chi connectivity index (χ0n) is 16.2. The Balaban J connectivity index is 0.00000240. The molecule has 0 aromatic heterocycles. The predicted octanol–water partition coefficient (Wildman–Crippen LogP) is 5.56. The van der Waals surface area contributed by atoms with Gasteiger partial charge in [-0.15, -0.1) is 12.4 Å². The minimum atomic E-state index is -3.67. The largest absolute Gasteiger partial charge is 0.238 e. The van der Waals surface area contributed by atoms with Crippen LogP contribution in [0.25, 0.3) is 17.2 Å². The van der Waals surface area contributed by atoms with Gasteiger partial charge in [0.15, 0.2) is 0 Å². The molecule has 0 saturated carbocycles. The van der Waals surface area contributed by atoms with E-state index in [2.05, 4.69) is 55.5 Å². The van der Waals surface area contributed by atoms with E-state index in [1.54, 1.807) is 12.1 Å². The number of sulfonamides is 1. The van der Waals surface area contributed by atoms with Crippen LogP contribution in [0, 0.1) is 0 Å². The summed E-state index contributed by atoms with van der Waals surface area (Å²) in [6, 6.07) is 23.9. The Morgan fingerprint density at radius 3 is 2.21 bits per heavy atom. The van der Waals surface area contributed by atoms with Crippen LogP contribution in [0.2, 0.25) is 0 Å². The lowest BCUT2D eigenvalue weighted by atomic mass is 9.84. The van der Waals surface area contributed by atoms with Gasteiger partial charge in [0.25, 0.3) is 0 Å². The average molecular weight is 426 g/mol. The summed E-state index contributed by atoms with van der Waals surface area (Å²) >= 11 is 0. The Morgan fingerprint density at radius 2 is 1.59 bits per heavy atom. The zero-order valence-corrected chi connectivity index (χ0v) is 17.8. The van der Waals surface area contributed by atoms with Crippen molar-refractivity contribution in [2.75, 3.05) is 0 Å². The van der Waals surface area contributed by atoms with Crippen LogP contribution in [-0.4, -0.2) is 8.42 Å². The maximum atomic E-state index is 11.5. The summed E-state index contributed by atoms with van der Waals surface area (Å²) in [7, 11) is -3.67. The average Bonchev–Trinajstić information content (AvgIpc) is 3.06. The fourth-order valence-electron chi connectivity index (χ4n) is 4.09. The number of fused-ring (bicyclic) bond motifs is 1. The molecular formula is C24H24ClNO2S. The Labute approximate surface area is 178 Å². The fraction of sp³-hybridized carbons (Fsp3) is 0.167. The van der Waals surface area contributed by atoms with Crippen molar-refractivity contribution in [1.29, 1.82) is 0 Å². The summed E-state index contributed by atoms with van der Waals surface area (Å²) in [5, 5.41) is 5.22. The van der Waals surface area contributed by atoms with Crippen molar-refractivity contribution in [3.63, 3.8) is 0 Å². The van der Waals surface area contributed by atoms with E-state index in [9.17, 15) is 8.42 Å². The van der Waals surface area contributed by atoms with Crippen LogP contribution in [0.15, 0.2) is 83.3 Å². The summed E-state index contributed by atoms with van der Waals surface area (Å²) in [5.41, 5.74) is 7.65. The number of halogens is 1. The van der Waals surface area contributed by atoms with Crippen LogP contribution in [0.5, 0.6) is 0 Å². The van der Waals surface area contributed by atoms with Gasteiger partial charge in [0, 0.05) is 5.92 Å². The second kappa shape index (κ2) is 8.54. The minimum Gasteiger partial charge on any atom is -0.225 e. The highest BCUT2D eigenvalue weighted by atomic mass is 35.5.